The van der Waals surface area contributed by atoms with E-state index < -0.39 is 6.10 Å². The van der Waals surface area contributed by atoms with Gasteiger partial charge in [-0.2, -0.15) is 0 Å². The van der Waals surface area contributed by atoms with Gasteiger partial charge in [-0.15, -0.1) is 6.42 Å². The van der Waals surface area contributed by atoms with Crippen LogP contribution in [0.25, 0.3) is 0 Å². The quantitative estimate of drug-likeness (QED) is 0.638. The first-order valence-corrected chi connectivity index (χ1v) is 7.81. The molecule has 3 nitrogen and oxygen atoms in total. The van der Waals surface area contributed by atoms with Gasteiger partial charge in [0.25, 0.3) is 0 Å². The van der Waals surface area contributed by atoms with Crippen molar-refractivity contribution in [2.75, 3.05) is 0 Å². The molecule has 0 amide bonds. The van der Waals surface area contributed by atoms with Gasteiger partial charge in [0.2, 0.25) is 0 Å². The van der Waals surface area contributed by atoms with Crippen molar-refractivity contribution in [3.63, 3.8) is 0 Å². The third-order valence-corrected chi connectivity index (χ3v) is 4.83. The monoisotopic (exact) mass is 328 g/mol. The van der Waals surface area contributed by atoms with Crippen molar-refractivity contribution in [3.05, 3.63) is 12.2 Å². The van der Waals surface area contributed by atoms with Gasteiger partial charge in [0, 0.05) is 11.2 Å². The normalized spacial score (nSPS) is 42.8. The molecule has 2 aliphatic rings. The summed E-state index contributed by atoms with van der Waals surface area (Å²) < 4.78 is 12.1. The van der Waals surface area contributed by atoms with Crippen molar-refractivity contribution < 1.29 is 14.6 Å². The zero-order valence-corrected chi connectivity index (χ0v) is 12.8. The van der Waals surface area contributed by atoms with E-state index in [1.165, 1.54) is 0 Å². The summed E-state index contributed by atoms with van der Waals surface area (Å²) in [7, 11) is 0. The number of fused-ring (bicyclic) bond motifs is 2. The second-order valence-electron chi connectivity index (χ2n) is 5.19. The molecule has 2 rings (SSSR count). The van der Waals surface area contributed by atoms with Gasteiger partial charge in [0.15, 0.2) is 0 Å². The third-order valence-electron chi connectivity index (χ3n) is 3.86. The molecule has 0 aliphatic carbocycles. The molecule has 6 atom stereocenters. The minimum atomic E-state index is -0.425. The fraction of sp³-hybridized carbons (Fsp3) is 0.733. The average molecular weight is 329 g/mol. The number of hydrogen-bond donors (Lipinski definition) is 1. The van der Waals surface area contributed by atoms with Gasteiger partial charge in [-0.1, -0.05) is 34.9 Å². The Bertz CT molecular complexity index is 363. The van der Waals surface area contributed by atoms with E-state index in [0.29, 0.717) is 6.42 Å². The Labute approximate surface area is 123 Å². The molecule has 0 aromatic carbocycles. The molecule has 0 aromatic rings. The Balaban J connectivity index is 2.07. The highest BCUT2D eigenvalue weighted by Gasteiger charge is 2.43. The number of halogens is 1. The number of allylic oxidation sites excluding steroid dienone is 1. The molecule has 0 saturated carbocycles. The smallest absolute Gasteiger partial charge is 0.0877 e. The van der Waals surface area contributed by atoms with Crippen LogP contribution in [0.2, 0.25) is 0 Å². The molecular weight excluding hydrogens is 308 g/mol. The van der Waals surface area contributed by atoms with Gasteiger partial charge in [0.1, 0.15) is 0 Å². The maximum Gasteiger partial charge on any atom is 0.0877 e. The lowest BCUT2D eigenvalue weighted by atomic mass is 9.97. The molecule has 2 fully saturated rings. The van der Waals surface area contributed by atoms with Crippen LogP contribution in [0, 0.1) is 12.3 Å². The van der Waals surface area contributed by atoms with E-state index in [1.54, 1.807) is 6.08 Å². The summed E-state index contributed by atoms with van der Waals surface area (Å²) in [4.78, 5) is 0.182. The van der Waals surface area contributed by atoms with Gasteiger partial charge in [0.05, 0.1) is 30.5 Å². The SMILES string of the molecule is C#C/C=C/CC1O[C@@H]2C[C@H]1O[C@H](CC)[C@@H](Br)C[C@H]2O. The zero-order chi connectivity index (χ0) is 13.8. The van der Waals surface area contributed by atoms with E-state index in [0.717, 1.165) is 19.3 Å². The summed E-state index contributed by atoms with van der Waals surface area (Å²) >= 11 is 3.63. The van der Waals surface area contributed by atoms with Crippen molar-refractivity contribution >= 4 is 15.9 Å². The third kappa shape index (κ3) is 3.61. The van der Waals surface area contributed by atoms with E-state index in [4.69, 9.17) is 15.9 Å². The molecule has 2 heterocycles. The Hall–Kier alpha value is -0.340. The molecule has 4 heteroatoms. The van der Waals surface area contributed by atoms with Crippen LogP contribution in [0.15, 0.2) is 12.2 Å². The molecule has 2 aliphatic heterocycles. The first-order valence-electron chi connectivity index (χ1n) is 6.89. The summed E-state index contributed by atoms with van der Waals surface area (Å²) in [6.45, 7) is 2.10. The number of terminal acetylenes is 1. The largest absolute Gasteiger partial charge is 0.390 e. The van der Waals surface area contributed by atoms with E-state index in [2.05, 4.69) is 28.8 Å². The first kappa shape index (κ1) is 15.1. The Morgan fingerprint density at radius 1 is 1.32 bits per heavy atom. The van der Waals surface area contributed by atoms with Crippen LogP contribution < -0.4 is 0 Å². The summed E-state index contributed by atoms with van der Waals surface area (Å²) in [5, 5.41) is 10.2. The Morgan fingerprint density at radius 3 is 2.74 bits per heavy atom. The fourth-order valence-corrected chi connectivity index (χ4v) is 3.69. The van der Waals surface area contributed by atoms with Crippen LogP contribution in [-0.4, -0.2) is 40.5 Å². The van der Waals surface area contributed by atoms with Crippen molar-refractivity contribution in [2.24, 2.45) is 0 Å². The highest BCUT2D eigenvalue weighted by atomic mass is 79.9. The average Bonchev–Trinajstić information content (AvgIpc) is 2.79. The van der Waals surface area contributed by atoms with Gasteiger partial charge >= 0.3 is 0 Å². The minimum Gasteiger partial charge on any atom is -0.390 e. The number of hydrogen-bond acceptors (Lipinski definition) is 3. The molecule has 19 heavy (non-hydrogen) atoms. The summed E-state index contributed by atoms with van der Waals surface area (Å²) in [5.41, 5.74) is 0. The van der Waals surface area contributed by atoms with Crippen LogP contribution in [0.1, 0.15) is 32.6 Å². The first-order chi connectivity index (χ1) is 9.15. The standard InChI is InChI=1S/C15H21BrO3/c1-3-5-6-7-13-15-9-14(19-13)11(17)8-10(16)12(4-2)18-15/h1,5-6,10-15,17H,4,7-9H2,2H3/b6-5+/t10-,11+,12+,13?,14+,15+/m0/s1. The zero-order valence-electron chi connectivity index (χ0n) is 11.2. The molecular formula is C15H21BrO3. The lowest BCUT2D eigenvalue weighted by molar-refractivity contribution is -0.0532. The van der Waals surface area contributed by atoms with Crippen molar-refractivity contribution in [3.8, 4) is 12.3 Å². The molecule has 106 valence electrons. The predicted molar refractivity (Wildman–Crippen MR) is 78.2 cm³/mol. The molecule has 2 bridgehead atoms. The summed E-state index contributed by atoms with van der Waals surface area (Å²) in [6.07, 6.45) is 11.6. The van der Waals surface area contributed by atoms with Gasteiger partial charge < -0.3 is 14.6 Å². The molecule has 2 saturated heterocycles. The van der Waals surface area contributed by atoms with Crippen LogP contribution in [0.3, 0.4) is 0 Å². The maximum absolute atomic E-state index is 10.2. The Morgan fingerprint density at radius 2 is 2.05 bits per heavy atom. The topological polar surface area (TPSA) is 38.7 Å². The molecule has 1 N–H and O–H groups in total. The number of aliphatic hydroxyl groups is 1. The van der Waals surface area contributed by atoms with Crippen LogP contribution in [-0.2, 0) is 9.47 Å². The number of alkyl halides is 1. The highest BCUT2D eigenvalue weighted by Crippen LogP contribution is 2.35. The van der Waals surface area contributed by atoms with Gasteiger partial charge in [-0.3, -0.25) is 0 Å². The van der Waals surface area contributed by atoms with E-state index in [1.807, 2.05) is 6.08 Å². The van der Waals surface area contributed by atoms with Crippen LogP contribution in [0.4, 0.5) is 0 Å². The number of ether oxygens (including phenoxy) is 2. The van der Waals surface area contributed by atoms with Crippen molar-refractivity contribution in [1.29, 1.82) is 0 Å². The minimum absolute atomic E-state index is 0.00361. The fourth-order valence-electron chi connectivity index (χ4n) is 2.81. The highest BCUT2D eigenvalue weighted by molar-refractivity contribution is 9.09. The van der Waals surface area contributed by atoms with Crippen molar-refractivity contribution in [1.82, 2.24) is 0 Å². The second kappa shape index (κ2) is 6.90. The maximum atomic E-state index is 10.2. The lowest BCUT2D eigenvalue weighted by Gasteiger charge is -2.30. The van der Waals surface area contributed by atoms with Crippen LogP contribution in [0.5, 0.6) is 0 Å². The van der Waals surface area contributed by atoms with E-state index in [-0.39, 0.29) is 29.2 Å². The van der Waals surface area contributed by atoms with E-state index >= 15 is 0 Å². The molecule has 1 unspecified atom stereocenters. The van der Waals surface area contributed by atoms with Crippen molar-refractivity contribution in [2.45, 2.75) is 68.0 Å². The summed E-state index contributed by atoms with van der Waals surface area (Å²) in [5.74, 6) is 2.48. The predicted octanol–water partition coefficient (Wildman–Crippen LogP) is 2.42. The molecule has 0 aromatic heterocycles. The lowest BCUT2D eigenvalue weighted by Crippen LogP contribution is -2.38. The molecule has 0 radical (unpaired) electrons. The van der Waals surface area contributed by atoms with Crippen LogP contribution >= 0.6 is 15.9 Å². The van der Waals surface area contributed by atoms with Gasteiger partial charge in [-0.05, 0) is 25.3 Å². The molecule has 0 spiro atoms. The number of rotatable bonds is 3. The second-order valence-corrected chi connectivity index (χ2v) is 6.37. The van der Waals surface area contributed by atoms with E-state index in [9.17, 15) is 5.11 Å². The Kier molecular flexibility index (Phi) is 5.47. The van der Waals surface area contributed by atoms with Gasteiger partial charge in [-0.25, -0.2) is 0 Å². The summed E-state index contributed by atoms with van der Waals surface area (Å²) in [6, 6.07) is 0. The number of aliphatic hydroxyl groups excluding tert-OH is 1.